The fraction of sp³-hybridized carbons (Fsp3) is 0. The van der Waals surface area contributed by atoms with Gasteiger partial charge in [0.1, 0.15) is 0 Å². The molecule has 0 spiro atoms. The van der Waals surface area contributed by atoms with Crippen molar-refractivity contribution in [1.29, 1.82) is 0 Å². The topological polar surface area (TPSA) is 29.1 Å². The summed E-state index contributed by atoms with van der Waals surface area (Å²) in [4.78, 5) is 12.0. The van der Waals surface area contributed by atoms with Crippen LogP contribution in [-0.4, -0.2) is 5.91 Å². The van der Waals surface area contributed by atoms with E-state index in [-0.39, 0.29) is 5.91 Å². The molecular formula is C11H5Cl3INOS. The van der Waals surface area contributed by atoms with Gasteiger partial charge in [-0.25, -0.2) is 0 Å². The van der Waals surface area contributed by atoms with Crippen LogP contribution in [0.1, 0.15) is 10.4 Å². The van der Waals surface area contributed by atoms with Gasteiger partial charge in [0, 0.05) is 10.4 Å². The van der Waals surface area contributed by atoms with Crippen LogP contribution in [0.3, 0.4) is 0 Å². The average molecular weight is 432 g/mol. The molecule has 0 fully saturated rings. The molecule has 2 aromatic rings. The molecule has 2 nitrogen and oxygen atoms in total. The molecule has 2 rings (SSSR count). The minimum atomic E-state index is -0.250. The highest BCUT2D eigenvalue weighted by Gasteiger charge is 2.13. The van der Waals surface area contributed by atoms with Gasteiger partial charge in [0.2, 0.25) is 0 Å². The monoisotopic (exact) mass is 431 g/mol. The Morgan fingerprint density at radius 2 is 1.78 bits per heavy atom. The number of nitrogens with one attached hydrogen (secondary N) is 1. The van der Waals surface area contributed by atoms with Crippen LogP contribution in [0.5, 0.6) is 0 Å². The number of halogens is 4. The van der Waals surface area contributed by atoms with Crippen molar-refractivity contribution in [2.24, 2.45) is 0 Å². The maximum Gasteiger partial charge on any atom is 0.256 e. The van der Waals surface area contributed by atoms with E-state index in [1.807, 2.05) is 0 Å². The minimum absolute atomic E-state index is 0.250. The summed E-state index contributed by atoms with van der Waals surface area (Å²) >= 11 is 21.4. The Morgan fingerprint density at radius 1 is 1.17 bits per heavy atom. The molecule has 0 aliphatic carbocycles. The van der Waals surface area contributed by atoms with Crippen LogP contribution in [0.2, 0.25) is 15.1 Å². The summed E-state index contributed by atoms with van der Waals surface area (Å²) in [6, 6.07) is 4.85. The fourth-order valence-corrected chi connectivity index (χ4v) is 3.51. The van der Waals surface area contributed by atoms with Crippen LogP contribution >= 0.6 is 68.7 Å². The molecule has 0 aliphatic rings. The number of amides is 1. The van der Waals surface area contributed by atoms with Crippen LogP contribution in [0.15, 0.2) is 23.6 Å². The van der Waals surface area contributed by atoms with Crippen molar-refractivity contribution in [3.05, 3.63) is 47.1 Å². The van der Waals surface area contributed by atoms with Crippen molar-refractivity contribution >= 4 is 80.3 Å². The first-order valence-corrected chi connectivity index (χ1v) is 7.76. The molecule has 1 heterocycles. The van der Waals surface area contributed by atoms with Gasteiger partial charge in [-0.2, -0.15) is 0 Å². The Morgan fingerprint density at radius 3 is 2.28 bits per heavy atom. The van der Waals surface area contributed by atoms with E-state index < -0.39 is 0 Å². The van der Waals surface area contributed by atoms with Crippen molar-refractivity contribution in [2.45, 2.75) is 0 Å². The van der Waals surface area contributed by atoms with E-state index in [2.05, 4.69) is 27.9 Å². The number of carbonyl (C=O) groups excluding carboxylic acids is 1. The smallest absolute Gasteiger partial charge is 0.256 e. The third kappa shape index (κ3) is 3.30. The zero-order valence-electron chi connectivity index (χ0n) is 8.64. The Bertz CT molecular complexity index is 591. The first kappa shape index (κ1) is 14.4. The molecule has 0 radical (unpaired) electrons. The van der Waals surface area contributed by atoms with E-state index in [0.29, 0.717) is 26.3 Å². The number of rotatable bonds is 2. The molecule has 1 amide bonds. The van der Waals surface area contributed by atoms with Crippen molar-refractivity contribution in [3.8, 4) is 0 Å². The zero-order chi connectivity index (χ0) is 13.3. The molecule has 0 saturated heterocycles. The summed E-state index contributed by atoms with van der Waals surface area (Å²) in [5.74, 6) is -0.250. The largest absolute Gasteiger partial charge is 0.319 e. The molecule has 94 valence electrons. The van der Waals surface area contributed by atoms with Gasteiger partial charge in [0.25, 0.3) is 5.91 Å². The third-order valence-electron chi connectivity index (χ3n) is 2.08. The predicted octanol–water partition coefficient (Wildman–Crippen LogP) is 5.57. The van der Waals surface area contributed by atoms with Gasteiger partial charge in [0.15, 0.2) is 0 Å². The van der Waals surface area contributed by atoms with Gasteiger partial charge in [-0.15, -0.1) is 11.3 Å². The lowest BCUT2D eigenvalue weighted by Gasteiger charge is -2.08. The van der Waals surface area contributed by atoms with E-state index in [1.54, 1.807) is 11.4 Å². The number of benzene rings is 1. The van der Waals surface area contributed by atoms with E-state index in [0.717, 1.165) is 2.88 Å². The molecule has 7 heteroatoms. The summed E-state index contributed by atoms with van der Waals surface area (Å²) in [6.07, 6.45) is 0. The lowest BCUT2D eigenvalue weighted by atomic mass is 10.2. The third-order valence-corrected chi connectivity index (χ3v) is 4.68. The van der Waals surface area contributed by atoms with Crippen LogP contribution < -0.4 is 5.32 Å². The normalized spacial score (nSPS) is 10.4. The molecule has 0 atom stereocenters. The van der Waals surface area contributed by atoms with E-state index in [9.17, 15) is 4.79 Å². The number of hydrogen-bond donors (Lipinski definition) is 1. The summed E-state index contributed by atoms with van der Waals surface area (Å²) in [6.45, 7) is 0. The molecule has 1 aromatic carbocycles. The molecule has 0 aliphatic heterocycles. The summed E-state index contributed by atoms with van der Waals surface area (Å²) in [5, 5.41) is 5.50. The fourth-order valence-electron chi connectivity index (χ4n) is 1.28. The van der Waals surface area contributed by atoms with Gasteiger partial charge < -0.3 is 5.32 Å². The maximum atomic E-state index is 12.0. The van der Waals surface area contributed by atoms with Gasteiger partial charge in [0.05, 0.1) is 24.2 Å². The molecular weight excluding hydrogens is 427 g/mol. The standard InChI is InChI=1S/C11H5Cl3INOS/c12-6-2-7(13)10(8(14)3-6)16-11(17)5-1-9(15)18-4-5/h1-4H,(H,16,17). The van der Waals surface area contributed by atoms with Crippen LogP contribution in [-0.2, 0) is 0 Å². The lowest BCUT2D eigenvalue weighted by Crippen LogP contribution is -2.11. The Kier molecular flexibility index (Phi) is 4.77. The number of hydrogen-bond acceptors (Lipinski definition) is 2. The number of thiophene rings is 1. The van der Waals surface area contributed by atoms with E-state index >= 15 is 0 Å². The van der Waals surface area contributed by atoms with E-state index in [1.165, 1.54) is 23.5 Å². The second-order valence-corrected chi connectivity index (χ2v) is 7.39. The van der Waals surface area contributed by atoms with Gasteiger partial charge in [-0.05, 0) is 40.8 Å². The van der Waals surface area contributed by atoms with Crippen molar-refractivity contribution in [1.82, 2.24) is 0 Å². The highest BCUT2D eigenvalue weighted by Crippen LogP contribution is 2.34. The van der Waals surface area contributed by atoms with Crippen LogP contribution in [0.4, 0.5) is 5.69 Å². The first-order valence-electron chi connectivity index (χ1n) is 4.67. The van der Waals surface area contributed by atoms with Gasteiger partial charge >= 0.3 is 0 Å². The molecule has 1 aromatic heterocycles. The second kappa shape index (κ2) is 5.96. The molecule has 1 N–H and O–H groups in total. The summed E-state index contributed by atoms with van der Waals surface area (Å²) in [5.41, 5.74) is 0.945. The van der Waals surface area contributed by atoms with Gasteiger partial charge in [-0.3, -0.25) is 4.79 Å². The van der Waals surface area contributed by atoms with E-state index in [4.69, 9.17) is 34.8 Å². The maximum absolute atomic E-state index is 12.0. The highest BCUT2D eigenvalue weighted by atomic mass is 127. The van der Waals surface area contributed by atoms with Crippen LogP contribution in [0.25, 0.3) is 0 Å². The van der Waals surface area contributed by atoms with Crippen molar-refractivity contribution in [3.63, 3.8) is 0 Å². The predicted molar refractivity (Wildman–Crippen MR) is 86.5 cm³/mol. The SMILES string of the molecule is O=C(Nc1c(Cl)cc(Cl)cc1Cl)c1csc(I)c1. The summed E-state index contributed by atoms with van der Waals surface area (Å²) < 4.78 is 1.03. The molecule has 0 saturated carbocycles. The average Bonchev–Trinajstić information content (AvgIpc) is 2.70. The van der Waals surface area contributed by atoms with Crippen molar-refractivity contribution < 1.29 is 4.79 Å². The lowest BCUT2D eigenvalue weighted by molar-refractivity contribution is 0.102. The zero-order valence-corrected chi connectivity index (χ0v) is 13.9. The van der Waals surface area contributed by atoms with Crippen LogP contribution in [0, 0.1) is 2.88 Å². The van der Waals surface area contributed by atoms with Crippen molar-refractivity contribution in [2.75, 3.05) is 5.32 Å². The molecule has 0 bridgehead atoms. The minimum Gasteiger partial charge on any atom is -0.319 e. The Hall–Kier alpha value is -0.0100. The molecule has 18 heavy (non-hydrogen) atoms. The first-order chi connectivity index (χ1) is 8.47. The number of anilines is 1. The Labute approximate surface area is 136 Å². The van der Waals surface area contributed by atoms with Gasteiger partial charge in [-0.1, -0.05) is 34.8 Å². The highest BCUT2D eigenvalue weighted by molar-refractivity contribution is 14.1. The quantitative estimate of drug-likeness (QED) is 0.618. The molecule has 0 unspecified atom stereocenters. The second-order valence-electron chi connectivity index (χ2n) is 3.34. The summed E-state index contributed by atoms with van der Waals surface area (Å²) in [7, 11) is 0. The Balaban J connectivity index is 2.27. The number of carbonyl (C=O) groups is 1.